The quantitative estimate of drug-likeness (QED) is 0.213. The summed E-state index contributed by atoms with van der Waals surface area (Å²) in [5.74, 6) is -0.199. The smallest absolute Gasteiger partial charge is 0.416 e. The highest BCUT2D eigenvalue weighted by Crippen LogP contribution is 2.44. The van der Waals surface area contributed by atoms with E-state index in [2.05, 4.69) is 10.6 Å². The normalized spacial score (nSPS) is 16.4. The van der Waals surface area contributed by atoms with Crippen molar-refractivity contribution >= 4 is 46.6 Å². The second kappa shape index (κ2) is 12.3. The van der Waals surface area contributed by atoms with Crippen LogP contribution in [0.1, 0.15) is 29.2 Å². The van der Waals surface area contributed by atoms with Crippen molar-refractivity contribution < 1.29 is 32.2 Å². The van der Waals surface area contributed by atoms with Crippen LogP contribution in [0.25, 0.3) is 5.76 Å². The lowest BCUT2D eigenvalue weighted by Crippen LogP contribution is -2.47. The van der Waals surface area contributed by atoms with Gasteiger partial charge in [-0.05, 0) is 48.4 Å². The van der Waals surface area contributed by atoms with Crippen LogP contribution in [0.15, 0.2) is 78.5 Å². The number of carbonyl (C=O) groups excluding carboxylic acids is 2. The standard InChI is InChI=1S/C29H26Cl2F3N3O4/c1-28(31)26(25(40-16-18-6-4-3-5-7-18)22-14-21(30)12-13-23(22)36-28)37(2)24(38)15-35-27(39)41-17-19-8-10-20(11-9-19)29(32,33)34/h3-14,36H,15-17H2,1-2H3,(H,35,39). The molecule has 41 heavy (non-hydrogen) atoms. The van der Waals surface area contributed by atoms with Gasteiger partial charge < -0.3 is 25.0 Å². The first-order valence-electron chi connectivity index (χ1n) is 12.4. The highest BCUT2D eigenvalue weighted by atomic mass is 35.5. The van der Waals surface area contributed by atoms with Gasteiger partial charge in [0.05, 0.1) is 5.56 Å². The number of nitrogens with one attached hydrogen (secondary N) is 2. The fourth-order valence-electron chi connectivity index (χ4n) is 4.19. The van der Waals surface area contributed by atoms with E-state index in [0.717, 1.165) is 17.7 Å². The zero-order chi connectivity index (χ0) is 29.8. The van der Waals surface area contributed by atoms with Gasteiger partial charge >= 0.3 is 12.3 Å². The minimum atomic E-state index is -4.47. The minimum absolute atomic E-state index is 0.190. The molecule has 1 aliphatic heterocycles. The van der Waals surface area contributed by atoms with E-state index < -0.39 is 35.3 Å². The van der Waals surface area contributed by atoms with Crippen LogP contribution in [0.3, 0.4) is 0 Å². The number of benzene rings is 3. The van der Waals surface area contributed by atoms with Gasteiger partial charge in [-0.15, -0.1) is 0 Å². The van der Waals surface area contributed by atoms with Gasteiger partial charge in [-0.3, -0.25) is 4.79 Å². The molecule has 1 heterocycles. The van der Waals surface area contributed by atoms with Crippen LogP contribution in [0.5, 0.6) is 0 Å². The van der Waals surface area contributed by atoms with Gasteiger partial charge in [0.15, 0.2) is 10.8 Å². The third kappa shape index (κ3) is 7.45. The molecule has 2 amide bonds. The number of fused-ring (bicyclic) bond motifs is 1. The van der Waals surface area contributed by atoms with E-state index in [-0.39, 0.29) is 13.2 Å². The Morgan fingerprint density at radius 3 is 2.32 bits per heavy atom. The van der Waals surface area contributed by atoms with Gasteiger partial charge in [-0.2, -0.15) is 13.2 Å². The van der Waals surface area contributed by atoms with Gasteiger partial charge in [-0.25, -0.2) is 4.79 Å². The summed E-state index contributed by atoms with van der Waals surface area (Å²) in [4.78, 5) is 25.4. The van der Waals surface area contributed by atoms with E-state index in [9.17, 15) is 22.8 Å². The van der Waals surface area contributed by atoms with Crippen LogP contribution in [-0.4, -0.2) is 35.5 Å². The zero-order valence-corrected chi connectivity index (χ0v) is 23.5. The molecule has 3 aromatic carbocycles. The fraction of sp³-hybridized carbons (Fsp3) is 0.241. The highest BCUT2D eigenvalue weighted by Gasteiger charge is 2.40. The molecular formula is C29H26Cl2F3N3O4. The predicted molar refractivity (Wildman–Crippen MR) is 150 cm³/mol. The lowest BCUT2D eigenvalue weighted by Gasteiger charge is -2.39. The van der Waals surface area contributed by atoms with Crippen LogP contribution in [0, 0.1) is 0 Å². The van der Waals surface area contributed by atoms with Crippen LogP contribution in [0.4, 0.5) is 23.7 Å². The van der Waals surface area contributed by atoms with Gasteiger partial charge in [-0.1, -0.05) is 65.7 Å². The number of amides is 2. The number of hydrogen-bond donors (Lipinski definition) is 2. The van der Waals surface area contributed by atoms with Crippen molar-refractivity contribution in [1.29, 1.82) is 0 Å². The molecule has 0 aromatic heterocycles. The molecule has 7 nitrogen and oxygen atoms in total. The van der Waals surface area contributed by atoms with E-state index in [1.807, 2.05) is 30.3 Å². The largest absolute Gasteiger partial charge is 0.486 e. The van der Waals surface area contributed by atoms with Crippen molar-refractivity contribution in [1.82, 2.24) is 10.2 Å². The monoisotopic (exact) mass is 607 g/mol. The molecule has 1 unspecified atom stereocenters. The second-order valence-corrected chi connectivity index (χ2v) is 10.5. The van der Waals surface area contributed by atoms with Gasteiger partial charge in [0.2, 0.25) is 5.91 Å². The number of ether oxygens (including phenoxy) is 2. The summed E-state index contributed by atoms with van der Waals surface area (Å²) in [6.07, 6.45) is -5.39. The van der Waals surface area contributed by atoms with Crippen molar-refractivity contribution in [3.63, 3.8) is 0 Å². The Kier molecular flexibility index (Phi) is 9.04. The molecule has 2 N–H and O–H groups in total. The van der Waals surface area contributed by atoms with Crippen LogP contribution < -0.4 is 10.6 Å². The predicted octanol–water partition coefficient (Wildman–Crippen LogP) is 7.01. The highest BCUT2D eigenvalue weighted by molar-refractivity contribution is 6.31. The Hall–Kier alpha value is -3.89. The maximum absolute atomic E-state index is 13.2. The number of anilines is 1. The molecule has 1 aliphatic rings. The lowest BCUT2D eigenvalue weighted by atomic mass is 9.99. The van der Waals surface area contributed by atoms with Crippen molar-refractivity contribution in [3.05, 3.63) is 106 Å². The molecule has 12 heteroatoms. The van der Waals surface area contributed by atoms with E-state index in [4.69, 9.17) is 32.7 Å². The van der Waals surface area contributed by atoms with Crippen molar-refractivity contribution in [2.45, 2.75) is 31.3 Å². The summed E-state index contributed by atoms with van der Waals surface area (Å²) in [5.41, 5.74) is 1.99. The molecule has 0 bridgehead atoms. The van der Waals surface area contributed by atoms with Crippen molar-refractivity contribution in [3.8, 4) is 0 Å². The summed E-state index contributed by atoms with van der Waals surface area (Å²) in [5, 5.41) is 6.00. The number of carbonyl (C=O) groups is 2. The van der Waals surface area contributed by atoms with E-state index >= 15 is 0 Å². The maximum atomic E-state index is 13.2. The SMILES string of the molecule is CN(C(=O)CNC(=O)OCc1ccc(C(F)(F)F)cc1)C1=C(OCc2ccccc2)c2cc(Cl)ccc2NC1(C)Cl. The van der Waals surface area contributed by atoms with E-state index in [1.165, 1.54) is 24.1 Å². The average Bonchev–Trinajstić information content (AvgIpc) is 2.93. The topological polar surface area (TPSA) is 79.9 Å². The molecule has 216 valence electrons. The van der Waals surface area contributed by atoms with Gasteiger partial charge in [0, 0.05) is 23.3 Å². The maximum Gasteiger partial charge on any atom is 0.416 e. The molecule has 0 radical (unpaired) electrons. The van der Waals surface area contributed by atoms with Gasteiger partial charge in [0.25, 0.3) is 0 Å². The Bertz CT molecular complexity index is 1450. The van der Waals surface area contributed by atoms with Gasteiger partial charge in [0.1, 0.15) is 25.5 Å². The number of nitrogens with zero attached hydrogens (tertiary/aromatic N) is 1. The number of halogens is 5. The van der Waals surface area contributed by atoms with E-state index in [1.54, 1.807) is 25.1 Å². The molecule has 0 saturated heterocycles. The van der Waals surface area contributed by atoms with Crippen molar-refractivity contribution in [2.75, 3.05) is 18.9 Å². The number of alkyl carbamates (subject to hydrolysis) is 1. The molecule has 0 aliphatic carbocycles. The Balaban J connectivity index is 1.47. The summed E-state index contributed by atoms with van der Waals surface area (Å²) in [7, 11) is 1.50. The fourth-order valence-corrected chi connectivity index (χ4v) is 4.68. The number of alkyl halides is 4. The molecule has 1 atom stereocenters. The number of hydrogen-bond acceptors (Lipinski definition) is 5. The molecule has 3 aromatic rings. The van der Waals surface area contributed by atoms with Crippen molar-refractivity contribution in [2.24, 2.45) is 0 Å². The van der Waals surface area contributed by atoms with Crippen LogP contribution in [-0.2, 0) is 33.7 Å². The molecule has 0 fully saturated rings. The Morgan fingerprint density at radius 2 is 1.66 bits per heavy atom. The Morgan fingerprint density at radius 1 is 1.00 bits per heavy atom. The van der Waals surface area contributed by atoms with E-state index in [0.29, 0.717) is 33.3 Å². The molecule has 0 spiro atoms. The first kappa shape index (κ1) is 30.1. The third-order valence-electron chi connectivity index (χ3n) is 6.23. The number of rotatable bonds is 8. The first-order valence-corrected chi connectivity index (χ1v) is 13.1. The summed E-state index contributed by atoms with van der Waals surface area (Å²) >= 11 is 13.2. The van der Waals surface area contributed by atoms with Crippen LogP contribution in [0.2, 0.25) is 5.02 Å². The Labute approximate surface area is 244 Å². The summed E-state index contributed by atoms with van der Waals surface area (Å²) in [6, 6.07) is 18.8. The zero-order valence-electron chi connectivity index (χ0n) is 22.0. The molecule has 4 rings (SSSR count). The minimum Gasteiger partial charge on any atom is -0.486 e. The average molecular weight is 608 g/mol. The third-order valence-corrected chi connectivity index (χ3v) is 6.73. The lowest BCUT2D eigenvalue weighted by molar-refractivity contribution is -0.137. The summed E-state index contributed by atoms with van der Waals surface area (Å²) < 4.78 is 49.5. The first-order chi connectivity index (χ1) is 19.3. The van der Waals surface area contributed by atoms with Crippen LogP contribution >= 0.6 is 23.2 Å². The summed E-state index contributed by atoms with van der Waals surface area (Å²) in [6.45, 7) is 1.13. The number of likely N-dealkylation sites (N-methyl/N-ethyl adjacent to an activating group) is 1. The molecular weight excluding hydrogens is 582 g/mol. The molecule has 0 saturated carbocycles. The second-order valence-electron chi connectivity index (χ2n) is 9.35.